The third kappa shape index (κ3) is 6.26. The van der Waals surface area contributed by atoms with Crippen LogP contribution in [0.5, 0.6) is 0 Å². The van der Waals surface area contributed by atoms with Gasteiger partial charge in [-0.1, -0.05) is 44.2 Å². The maximum Gasteiger partial charge on any atom is 0.0705 e. The zero-order valence-electron chi connectivity index (χ0n) is 9.70. The van der Waals surface area contributed by atoms with Crippen LogP contribution >= 0.6 is 0 Å². The summed E-state index contributed by atoms with van der Waals surface area (Å²) in [4.78, 5) is 5.28. The molecule has 2 nitrogen and oxygen atoms in total. The lowest BCUT2D eigenvalue weighted by Crippen LogP contribution is -2.19. The van der Waals surface area contributed by atoms with Crippen LogP contribution in [-0.2, 0) is 11.3 Å². The molecule has 15 heavy (non-hydrogen) atoms. The van der Waals surface area contributed by atoms with E-state index in [4.69, 9.17) is 4.84 Å². The van der Waals surface area contributed by atoms with Crippen molar-refractivity contribution in [3.63, 3.8) is 0 Å². The molecule has 0 fully saturated rings. The van der Waals surface area contributed by atoms with Gasteiger partial charge in [-0.05, 0) is 24.3 Å². The predicted octanol–water partition coefficient (Wildman–Crippen LogP) is 2.80. The monoisotopic (exact) mass is 207 g/mol. The molecule has 0 aliphatic heterocycles. The zero-order chi connectivity index (χ0) is 10.9. The molecule has 0 amide bonds. The molecule has 0 radical (unpaired) electrons. The maximum absolute atomic E-state index is 5.28. The fraction of sp³-hybridized carbons (Fsp3) is 0.538. The molecule has 84 valence electrons. The first-order valence-corrected chi connectivity index (χ1v) is 5.67. The minimum atomic E-state index is 0.589. The van der Waals surface area contributed by atoms with Crippen molar-refractivity contribution in [1.29, 1.82) is 0 Å². The molecule has 2 heteroatoms. The van der Waals surface area contributed by atoms with Gasteiger partial charge in [0, 0.05) is 6.54 Å². The van der Waals surface area contributed by atoms with Gasteiger partial charge in [0.15, 0.2) is 0 Å². The van der Waals surface area contributed by atoms with Gasteiger partial charge in [-0.15, -0.1) is 0 Å². The van der Waals surface area contributed by atoms with Gasteiger partial charge in [0.05, 0.1) is 6.61 Å². The third-order valence-corrected chi connectivity index (χ3v) is 2.11. The summed E-state index contributed by atoms with van der Waals surface area (Å²) in [7, 11) is 0. The van der Waals surface area contributed by atoms with Crippen molar-refractivity contribution in [2.45, 2.75) is 26.7 Å². The van der Waals surface area contributed by atoms with Crippen LogP contribution < -0.4 is 5.48 Å². The van der Waals surface area contributed by atoms with Gasteiger partial charge in [0.1, 0.15) is 0 Å². The standard InChI is InChI=1S/C13H21NO/c1-12(2)11-15-14-10-6-9-13-7-4-3-5-8-13/h3-5,7-8,12,14H,6,9-11H2,1-2H3. The molecule has 0 spiro atoms. The zero-order valence-corrected chi connectivity index (χ0v) is 9.70. The van der Waals surface area contributed by atoms with E-state index in [0.717, 1.165) is 26.0 Å². The van der Waals surface area contributed by atoms with E-state index in [9.17, 15) is 0 Å². The highest BCUT2D eigenvalue weighted by molar-refractivity contribution is 5.14. The molecular weight excluding hydrogens is 186 g/mol. The highest BCUT2D eigenvalue weighted by atomic mass is 16.6. The van der Waals surface area contributed by atoms with Crippen molar-refractivity contribution in [2.75, 3.05) is 13.2 Å². The fourth-order valence-corrected chi connectivity index (χ4v) is 1.31. The van der Waals surface area contributed by atoms with Gasteiger partial charge in [0.25, 0.3) is 0 Å². The molecule has 0 saturated carbocycles. The van der Waals surface area contributed by atoms with E-state index in [1.165, 1.54) is 5.56 Å². The van der Waals surface area contributed by atoms with Crippen LogP contribution in [-0.4, -0.2) is 13.2 Å². The SMILES string of the molecule is CC(C)CONCCCc1ccccc1. The summed E-state index contributed by atoms with van der Waals surface area (Å²) in [5.41, 5.74) is 4.38. The number of nitrogens with one attached hydrogen (secondary N) is 1. The number of aryl methyl sites for hydroxylation is 1. The summed E-state index contributed by atoms with van der Waals surface area (Å²) < 4.78 is 0. The molecule has 0 unspecified atom stereocenters. The minimum absolute atomic E-state index is 0.589. The average molecular weight is 207 g/mol. The van der Waals surface area contributed by atoms with E-state index in [2.05, 4.69) is 43.6 Å². The van der Waals surface area contributed by atoms with Crippen LogP contribution in [0.4, 0.5) is 0 Å². The third-order valence-electron chi connectivity index (χ3n) is 2.11. The van der Waals surface area contributed by atoms with Crippen LogP contribution in [0.2, 0.25) is 0 Å². The topological polar surface area (TPSA) is 21.3 Å². The Bertz CT molecular complexity index is 246. The maximum atomic E-state index is 5.28. The predicted molar refractivity (Wildman–Crippen MR) is 63.6 cm³/mol. The molecular formula is C13H21NO. The summed E-state index contributed by atoms with van der Waals surface area (Å²) in [6.07, 6.45) is 2.22. The first-order valence-electron chi connectivity index (χ1n) is 5.67. The molecule has 0 aliphatic carbocycles. The van der Waals surface area contributed by atoms with Crippen molar-refractivity contribution >= 4 is 0 Å². The number of benzene rings is 1. The molecule has 0 saturated heterocycles. The lowest BCUT2D eigenvalue weighted by molar-refractivity contribution is 0.0235. The summed E-state index contributed by atoms with van der Waals surface area (Å²) in [5.74, 6) is 0.589. The lowest BCUT2D eigenvalue weighted by Gasteiger charge is -2.07. The summed E-state index contributed by atoms with van der Waals surface area (Å²) >= 11 is 0. The fourth-order valence-electron chi connectivity index (χ4n) is 1.31. The number of hydrogen-bond donors (Lipinski definition) is 1. The largest absolute Gasteiger partial charge is 0.302 e. The Morgan fingerprint density at radius 1 is 1.20 bits per heavy atom. The van der Waals surface area contributed by atoms with Crippen LogP contribution in [0, 0.1) is 5.92 Å². The number of hydrogen-bond acceptors (Lipinski definition) is 2. The molecule has 0 atom stereocenters. The number of rotatable bonds is 7. The second-order valence-electron chi connectivity index (χ2n) is 4.19. The van der Waals surface area contributed by atoms with Crippen molar-refractivity contribution in [3.8, 4) is 0 Å². The Kier molecular flexibility index (Phi) is 6.05. The molecule has 1 aromatic carbocycles. The minimum Gasteiger partial charge on any atom is -0.302 e. The van der Waals surface area contributed by atoms with Gasteiger partial charge >= 0.3 is 0 Å². The van der Waals surface area contributed by atoms with Crippen LogP contribution in [0.1, 0.15) is 25.8 Å². The van der Waals surface area contributed by atoms with Gasteiger partial charge in [-0.2, -0.15) is 0 Å². The Hall–Kier alpha value is -0.860. The average Bonchev–Trinajstić information content (AvgIpc) is 2.24. The van der Waals surface area contributed by atoms with Gasteiger partial charge in [0.2, 0.25) is 0 Å². The second kappa shape index (κ2) is 7.43. The molecule has 0 aromatic heterocycles. The Labute approximate surface area is 92.6 Å². The van der Waals surface area contributed by atoms with Gasteiger partial charge in [-0.25, -0.2) is 5.48 Å². The van der Waals surface area contributed by atoms with E-state index >= 15 is 0 Å². The summed E-state index contributed by atoms with van der Waals surface area (Å²) in [5, 5.41) is 0. The van der Waals surface area contributed by atoms with Crippen molar-refractivity contribution in [3.05, 3.63) is 35.9 Å². The van der Waals surface area contributed by atoms with Crippen LogP contribution in [0.25, 0.3) is 0 Å². The molecule has 1 rings (SSSR count). The first-order chi connectivity index (χ1) is 7.29. The van der Waals surface area contributed by atoms with Crippen molar-refractivity contribution in [2.24, 2.45) is 5.92 Å². The summed E-state index contributed by atoms with van der Waals surface area (Å²) in [6.45, 7) is 5.99. The van der Waals surface area contributed by atoms with Crippen molar-refractivity contribution in [1.82, 2.24) is 5.48 Å². The first kappa shape index (κ1) is 12.2. The van der Waals surface area contributed by atoms with Crippen LogP contribution in [0.3, 0.4) is 0 Å². The normalized spacial score (nSPS) is 10.9. The summed E-state index contributed by atoms with van der Waals surface area (Å²) in [6, 6.07) is 10.5. The lowest BCUT2D eigenvalue weighted by atomic mass is 10.1. The molecule has 0 bridgehead atoms. The van der Waals surface area contributed by atoms with Gasteiger partial charge < -0.3 is 4.84 Å². The molecule has 1 N–H and O–H groups in total. The molecule has 0 aliphatic rings. The van der Waals surface area contributed by atoms with E-state index in [-0.39, 0.29) is 0 Å². The quantitative estimate of drug-likeness (QED) is 0.548. The Morgan fingerprint density at radius 3 is 2.60 bits per heavy atom. The smallest absolute Gasteiger partial charge is 0.0705 e. The Balaban J connectivity index is 1.98. The highest BCUT2D eigenvalue weighted by Crippen LogP contribution is 2.01. The van der Waals surface area contributed by atoms with E-state index in [1.54, 1.807) is 0 Å². The van der Waals surface area contributed by atoms with Crippen LogP contribution in [0.15, 0.2) is 30.3 Å². The van der Waals surface area contributed by atoms with Crippen molar-refractivity contribution < 1.29 is 4.84 Å². The van der Waals surface area contributed by atoms with E-state index in [0.29, 0.717) is 5.92 Å². The molecule has 0 heterocycles. The second-order valence-corrected chi connectivity index (χ2v) is 4.19. The molecule has 1 aromatic rings. The van der Waals surface area contributed by atoms with Gasteiger partial charge in [-0.3, -0.25) is 0 Å². The van der Waals surface area contributed by atoms with E-state index in [1.807, 2.05) is 6.07 Å². The highest BCUT2D eigenvalue weighted by Gasteiger charge is 1.94. The number of hydroxylamine groups is 1. The Morgan fingerprint density at radius 2 is 1.93 bits per heavy atom. The van der Waals surface area contributed by atoms with E-state index < -0.39 is 0 Å².